The molecule has 1 aromatic carbocycles. The van der Waals surface area contributed by atoms with Gasteiger partial charge < -0.3 is 20.1 Å². The zero-order chi connectivity index (χ0) is 15.0. The molecule has 22 heavy (non-hydrogen) atoms. The Kier molecular flexibility index (Phi) is 4.73. The van der Waals surface area contributed by atoms with Crippen molar-refractivity contribution in [2.45, 2.75) is 19.4 Å². The van der Waals surface area contributed by atoms with Crippen LogP contribution in [0.25, 0.3) is 10.9 Å². The van der Waals surface area contributed by atoms with Crippen molar-refractivity contribution in [3.05, 3.63) is 39.7 Å². The highest BCUT2D eigenvalue weighted by Crippen LogP contribution is 2.28. The van der Waals surface area contributed by atoms with E-state index in [4.69, 9.17) is 10.5 Å². The molecule has 0 atom stereocenters. The standard InChI is InChI=1S/C15H16N2O4.ClH/c16-3-5-21-10-6-9-2-1-4-17-8-12(15(19)20)14(18)11(7-10)13(9)17;/h6-8H,1-5,16H2,(H,19,20);1H. The van der Waals surface area contributed by atoms with E-state index in [1.165, 1.54) is 6.20 Å². The van der Waals surface area contributed by atoms with E-state index in [1.807, 2.05) is 10.6 Å². The van der Waals surface area contributed by atoms with E-state index in [1.54, 1.807) is 6.07 Å². The minimum atomic E-state index is -1.20. The van der Waals surface area contributed by atoms with Crippen LogP contribution in [-0.2, 0) is 13.0 Å². The normalized spacial score (nSPS) is 12.8. The fourth-order valence-corrected chi connectivity index (χ4v) is 2.82. The summed E-state index contributed by atoms with van der Waals surface area (Å²) in [5.41, 5.74) is 6.58. The van der Waals surface area contributed by atoms with Crippen molar-refractivity contribution in [3.63, 3.8) is 0 Å². The van der Waals surface area contributed by atoms with E-state index < -0.39 is 11.4 Å². The number of ether oxygens (including phenoxy) is 1. The molecular weight excluding hydrogens is 308 g/mol. The van der Waals surface area contributed by atoms with Crippen LogP contribution in [0.3, 0.4) is 0 Å². The molecule has 6 nitrogen and oxygen atoms in total. The van der Waals surface area contributed by atoms with Gasteiger partial charge in [0.1, 0.15) is 17.9 Å². The zero-order valence-corrected chi connectivity index (χ0v) is 12.7. The monoisotopic (exact) mass is 324 g/mol. The van der Waals surface area contributed by atoms with Crippen LogP contribution in [0.2, 0.25) is 0 Å². The van der Waals surface area contributed by atoms with Gasteiger partial charge in [0, 0.05) is 19.3 Å². The third kappa shape index (κ3) is 2.67. The molecule has 0 unspecified atom stereocenters. The molecule has 1 aromatic heterocycles. The molecule has 3 rings (SSSR count). The first-order valence-electron chi connectivity index (χ1n) is 6.88. The number of hydrogen-bond donors (Lipinski definition) is 2. The van der Waals surface area contributed by atoms with Crippen molar-refractivity contribution in [1.29, 1.82) is 0 Å². The van der Waals surface area contributed by atoms with Crippen LogP contribution < -0.4 is 15.9 Å². The molecule has 0 saturated heterocycles. The average molecular weight is 325 g/mol. The fourth-order valence-electron chi connectivity index (χ4n) is 2.82. The van der Waals surface area contributed by atoms with E-state index in [0.29, 0.717) is 30.8 Å². The number of halogens is 1. The van der Waals surface area contributed by atoms with Crippen LogP contribution in [-0.4, -0.2) is 28.8 Å². The van der Waals surface area contributed by atoms with Crippen molar-refractivity contribution < 1.29 is 14.6 Å². The molecule has 1 aliphatic rings. The molecule has 1 aliphatic heterocycles. The summed E-state index contributed by atoms with van der Waals surface area (Å²) in [6.07, 6.45) is 3.20. The largest absolute Gasteiger partial charge is 0.492 e. The molecular formula is C15H17ClN2O4. The Morgan fingerprint density at radius 1 is 1.41 bits per heavy atom. The Balaban J connectivity index is 0.00000176. The number of aryl methyl sites for hydroxylation is 2. The van der Waals surface area contributed by atoms with Crippen LogP contribution in [0.1, 0.15) is 22.3 Å². The van der Waals surface area contributed by atoms with Gasteiger partial charge in [-0.15, -0.1) is 12.4 Å². The molecule has 0 amide bonds. The summed E-state index contributed by atoms with van der Waals surface area (Å²) in [6.45, 7) is 1.46. The molecule has 2 aromatic rings. The average Bonchev–Trinajstić information content (AvgIpc) is 2.48. The highest BCUT2D eigenvalue weighted by molar-refractivity contribution is 5.94. The first-order valence-corrected chi connectivity index (χ1v) is 6.88. The predicted molar refractivity (Wildman–Crippen MR) is 85.3 cm³/mol. The summed E-state index contributed by atoms with van der Waals surface area (Å²) in [7, 11) is 0. The van der Waals surface area contributed by atoms with E-state index in [2.05, 4.69) is 0 Å². The summed E-state index contributed by atoms with van der Waals surface area (Å²) in [5.74, 6) is -0.637. The zero-order valence-electron chi connectivity index (χ0n) is 11.9. The van der Waals surface area contributed by atoms with Gasteiger partial charge >= 0.3 is 5.97 Å². The minimum absolute atomic E-state index is 0. The molecule has 0 aliphatic carbocycles. The maximum Gasteiger partial charge on any atom is 0.341 e. The lowest BCUT2D eigenvalue weighted by Gasteiger charge is -2.21. The SMILES string of the molecule is Cl.NCCOc1cc2c3c(c1)c(=O)c(C(=O)O)cn3CCC2. The Morgan fingerprint density at radius 2 is 2.18 bits per heavy atom. The van der Waals surface area contributed by atoms with Gasteiger partial charge in [0.2, 0.25) is 5.43 Å². The summed E-state index contributed by atoms with van der Waals surface area (Å²) >= 11 is 0. The third-order valence-corrected chi connectivity index (χ3v) is 3.69. The van der Waals surface area contributed by atoms with Gasteiger partial charge in [-0.25, -0.2) is 4.79 Å². The lowest BCUT2D eigenvalue weighted by atomic mass is 9.99. The number of nitrogens with zero attached hydrogens (tertiary/aromatic N) is 1. The van der Waals surface area contributed by atoms with E-state index in [-0.39, 0.29) is 18.0 Å². The van der Waals surface area contributed by atoms with Crippen LogP contribution in [0, 0.1) is 0 Å². The summed E-state index contributed by atoms with van der Waals surface area (Å²) in [6, 6.07) is 3.53. The number of rotatable bonds is 4. The van der Waals surface area contributed by atoms with Gasteiger partial charge in [-0.2, -0.15) is 0 Å². The number of benzene rings is 1. The third-order valence-electron chi connectivity index (χ3n) is 3.69. The van der Waals surface area contributed by atoms with Crippen molar-refractivity contribution in [3.8, 4) is 5.75 Å². The van der Waals surface area contributed by atoms with E-state index >= 15 is 0 Å². The highest BCUT2D eigenvalue weighted by Gasteiger charge is 2.20. The quantitative estimate of drug-likeness (QED) is 0.886. The minimum Gasteiger partial charge on any atom is -0.492 e. The van der Waals surface area contributed by atoms with Gasteiger partial charge in [-0.3, -0.25) is 4.79 Å². The second kappa shape index (κ2) is 6.37. The van der Waals surface area contributed by atoms with Gasteiger partial charge in [-0.1, -0.05) is 0 Å². The fraction of sp³-hybridized carbons (Fsp3) is 0.333. The van der Waals surface area contributed by atoms with Crippen LogP contribution in [0.5, 0.6) is 5.75 Å². The number of hydrogen-bond acceptors (Lipinski definition) is 4. The van der Waals surface area contributed by atoms with Gasteiger partial charge in [-0.05, 0) is 30.5 Å². The first-order chi connectivity index (χ1) is 10.1. The molecule has 3 N–H and O–H groups in total. The van der Waals surface area contributed by atoms with Gasteiger partial charge in [0.25, 0.3) is 0 Å². The molecule has 7 heteroatoms. The lowest BCUT2D eigenvalue weighted by molar-refractivity contribution is 0.0694. The Bertz CT molecular complexity index is 785. The van der Waals surface area contributed by atoms with Crippen molar-refractivity contribution in [1.82, 2.24) is 4.57 Å². The van der Waals surface area contributed by atoms with Crippen molar-refractivity contribution >= 4 is 29.3 Å². The number of aromatic nitrogens is 1. The maximum absolute atomic E-state index is 12.4. The summed E-state index contributed by atoms with van der Waals surface area (Å²) < 4.78 is 7.36. The number of carboxylic acid groups (broad SMARTS) is 1. The molecule has 0 radical (unpaired) electrons. The summed E-state index contributed by atoms with van der Waals surface area (Å²) in [4.78, 5) is 23.6. The Labute approximate surface area is 132 Å². The Morgan fingerprint density at radius 3 is 2.86 bits per heavy atom. The molecule has 0 spiro atoms. The molecule has 118 valence electrons. The predicted octanol–water partition coefficient (Wildman–Crippen LogP) is 1.41. The Hall–Kier alpha value is -2.05. The van der Waals surface area contributed by atoms with Crippen molar-refractivity contribution in [2.75, 3.05) is 13.2 Å². The van der Waals surface area contributed by atoms with Crippen LogP contribution in [0.15, 0.2) is 23.1 Å². The smallest absolute Gasteiger partial charge is 0.341 e. The molecule has 0 fully saturated rings. The second-order valence-electron chi connectivity index (χ2n) is 5.09. The number of nitrogens with two attached hydrogens (primary N) is 1. The van der Waals surface area contributed by atoms with Crippen LogP contribution >= 0.6 is 12.4 Å². The second-order valence-corrected chi connectivity index (χ2v) is 5.09. The van der Waals surface area contributed by atoms with Gasteiger partial charge in [0.05, 0.1) is 10.9 Å². The number of aromatic carboxylic acids is 1. The van der Waals surface area contributed by atoms with Crippen molar-refractivity contribution in [2.24, 2.45) is 5.73 Å². The number of pyridine rings is 1. The van der Waals surface area contributed by atoms with Crippen LogP contribution in [0.4, 0.5) is 0 Å². The topological polar surface area (TPSA) is 94.6 Å². The van der Waals surface area contributed by atoms with E-state index in [9.17, 15) is 14.7 Å². The van der Waals surface area contributed by atoms with E-state index in [0.717, 1.165) is 23.9 Å². The lowest BCUT2D eigenvalue weighted by Crippen LogP contribution is -2.22. The molecule has 0 bridgehead atoms. The number of carboxylic acids is 1. The maximum atomic E-state index is 12.4. The summed E-state index contributed by atoms with van der Waals surface area (Å²) in [5, 5.41) is 9.58. The van der Waals surface area contributed by atoms with Gasteiger partial charge in [0.15, 0.2) is 0 Å². The first kappa shape index (κ1) is 16.3. The number of carbonyl (C=O) groups is 1. The molecule has 0 saturated carbocycles. The molecule has 2 heterocycles. The highest BCUT2D eigenvalue weighted by atomic mass is 35.5.